The topological polar surface area (TPSA) is 17.3 Å². The highest BCUT2D eigenvalue weighted by molar-refractivity contribution is 7.99. The van der Waals surface area contributed by atoms with Gasteiger partial charge in [-0.3, -0.25) is 4.40 Å². The molecule has 0 aliphatic rings. The van der Waals surface area contributed by atoms with Crippen molar-refractivity contribution >= 4 is 28.7 Å². The molecule has 0 unspecified atom stereocenters. The number of hydrogen-bond acceptors (Lipinski definition) is 3. The van der Waals surface area contributed by atoms with Crippen LogP contribution in [0.15, 0.2) is 81.5 Å². The average Bonchev–Trinajstić information content (AvgIpc) is 3.16. The molecule has 1 aromatic carbocycles. The molecule has 102 valence electrons. The SMILES string of the molecule is c1ccc(Sc2c(-c3ccsc3)nc3ccccn23)cc1. The Hall–Kier alpha value is -2.04. The van der Waals surface area contributed by atoms with Gasteiger partial charge in [0.2, 0.25) is 0 Å². The summed E-state index contributed by atoms with van der Waals surface area (Å²) in [5.41, 5.74) is 3.22. The van der Waals surface area contributed by atoms with Crippen molar-refractivity contribution < 1.29 is 0 Å². The molecule has 0 amide bonds. The van der Waals surface area contributed by atoms with E-state index in [1.165, 1.54) is 10.5 Å². The fourth-order valence-corrected chi connectivity index (χ4v) is 3.93. The van der Waals surface area contributed by atoms with Gasteiger partial charge >= 0.3 is 0 Å². The van der Waals surface area contributed by atoms with Gasteiger partial charge in [0.1, 0.15) is 16.4 Å². The first kappa shape index (κ1) is 12.7. The first-order valence-corrected chi connectivity index (χ1v) is 8.40. The average molecular weight is 308 g/mol. The van der Waals surface area contributed by atoms with Crippen LogP contribution in [0.5, 0.6) is 0 Å². The monoisotopic (exact) mass is 308 g/mol. The summed E-state index contributed by atoms with van der Waals surface area (Å²) in [6.07, 6.45) is 2.07. The third kappa shape index (κ3) is 2.37. The molecular weight excluding hydrogens is 296 g/mol. The Morgan fingerprint density at radius 3 is 2.62 bits per heavy atom. The minimum absolute atomic E-state index is 0.983. The molecule has 3 aromatic heterocycles. The molecule has 0 aliphatic carbocycles. The molecule has 0 atom stereocenters. The number of benzene rings is 1. The van der Waals surface area contributed by atoms with Crippen molar-refractivity contribution in [1.82, 2.24) is 9.38 Å². The lowest BCUT2D eigenvalue weighted by Gasteiger charge is -2.04. The number of fused-ring (bicyclic) bond motifs is 1. The van der Waals surface area contributed by atoms with Gasteiger partial charge in [-0.05, 0) is 35.7 Å². The van der Waals surface area contributed by atoms with Crippen molar-refractivity contribution in [3.05, 3.63) is 71.6 Å². The lowest BCUT2D eigenvalue weighted by molar-refractivity contribution is 1.05. The van der Waals surface area contributed by atoms with E-state index in [-0.39, 0.29) is 0 Å². The van der Waals surface area contributed by atoms with Gasteiger partial charge in [0, 0.05) is 22.0 Å². The Morgan fingerprint density at radius 2 is 1.81 bits per heavy atom. The van der Waals surface area contributed by atoms with Crippen LogP contribution in [0, 0.1) is 0 Å². The van der Waals surface area contributed by atoms with Crippen molar-refractivity contribution in [2.45, 2.75) is 9.92 Å². The lowest BCUT2D eigenvalue weighted by atomic mass is 10.3. The molecule has 21 heavy (non-hydrogen) atoms. The summed E-state index contributed by atoms with van der Waals surface area (Å²) >= 11 is 3.45. The number of thiophene rings is 1. The number of pyridine rings is 1. The highest BCUT2D eigenvalue weighted by atomic mass is 32.2. The van der Waals surface area contributed by atoms with Crippen LogP contribution < -0.4 is 0 Å². The normalized spacial score (nSPS) is 11.0. The number of rotatable bonds is 3. The van der Waals surface area contributed by atoms with Crippen molar-refractivity contribution in [1.29, 1.82) is 0 Å². The van der Waals surface area contributed by atoms with Crippen LogP contribution >= 0.6 is 23.1 Å². The zero-order valence-electron chi connectivity index (χ0n) is 11.1. The molecule has 0 spiro atoms. The number of nitrogens with zero attached hydrogens (tertiary/aromatic N) is 2. The molecule has 0 aliphatic heterocycles. The first-order chi connectivity index (χ1) is 10.4. The molecule has 0 saturated heterocycles. The predicted octanol–water partition coefficient (Wildman–Crippen LogP) is 5.21. The predicted molar refractivity (Wildman–Crippen MR) is 89.1 cm³/mol. The van der Waals surface area contributed by atoms with Crippen molar-refractivity contribution in [3.63, 3.8) is 0 Å². The van der Waals surface area contributed by atoms with Gasteiger partial charge < -0.3 is 0 Å². The lowest BCUT2D eigenvalue weighted by Crippen LogP contribution is -1.85. The molecule has 4 heteroatoms. The van der Waals surface area contributed by atoms with Crippen LogP contribution in [0.1, 0.15) is 0 Å². The second-order valence-electron chi connectivity index (χ2n) is 4.62. The summed E-state index contributed by atoms with van der Waals surface area (Å²) in [4.78, 5) is 6.02. The fraction of sp³-hybridized carbons (Fsp3) is 0. The Balaban J connectivity index is 1.91. The maximum atomic E-state index is 4.80. The highest BCUT2D eigenvalue weighted by Gasteiger charge is 2.15. The summed E-state index contributed by atoms with van der Waals surface area (Å²) in [6, 6.07) is 18.7. The van der Waals surface area contributed by atoms with Crippen molar-refractivity contribution in [2.24, 2.45) is 0 Å². The van der Waals surface area contributed by atoms with Gasteiger partial charge in [0.25, 0.3) is 0 Å². The largest absolute Gasteiger partial charge is 0.294 e. The summed E-state index contributed by atoms with van der Waals surface area (Å²) in [7, 11) is 0. The third-order valence-electron chi connectivity index (χ3n) is 3.24. The van der Waals surface area contributed by atoms with E-state index in [1.54, 1.807) is 23.1 Å². The Bertz CT molecular complexity index is 864. The minimum atomic E-state index is 0.983. The van der Waals surface area contributed by atoms with E-state index < -0.39 is 0 Å². The maximum absolute atomic E-state index is 4.80. The van der Waals surface area contributed by atoms with E-state index in [1.807, 2.05) is 24.3 Å². The van der Waals surface area contributed by atoms with E-state index in [9.17, 15) is 0 Å². The summed E-state index contributed by atoms with van der Waals surface area (Å²) in [6.45, 7) is 0. The molecule has 0 saturated carbocycles. The summed E-state index contributed by atoms with van der Waals surface area (Å²) in [5, 5.41) is 5.41. The van der Waals surface area contributed by atoms with Crippen LogP contribution in [0.3, 0.4) is 0 Å². The summed E-state index contributed by atoms with van der Waals surface area (Å²) in [5.74, 6) is 0. The van der Waals surface area contributed by atoms with Crippen molar-refractivity contribution in [3.8, 4) is 11.3 Å². The second-order valence-corrected chi connectivity index (χ2v) is 6.46. The zero-order valence-corrected chi connectivity index (χ0v) is 12.8. The molecule has 0 N–H and O–H groups in total. The standard InChI is InChI=1S/C17H12N2S2/c1-2-6-14(7-3-1)21-17-16(13-9-11-20-12-13)18-15-8-4-5-10-19(15)17/h1-12H. The van der Waals surface area contributed by atoms with Crippen LogP contribution in [0.2, 0.25) is 0 Å². The molecule has 4 aromatic rings. The molecule has 3 heterocycles. The molecule has 0 bridgehead atoms. The van der Waals surface area contributed by atoms with Gasteiger partial charge in [-0.15, -0.1) is 0 Å². The van der Waals surface area contributed by atoms with Crippen molar-refractivity contribution in [2.75, 3.05) is 0 Å². The molecule has 4 rings (SSSR count). The van der Waals surface area contributed by atoms with Crippen LogP contribution in [-0.4, -0.2) is 9.38 Å². The van der Waals surface area contributed by atoms with Gasteiger partial charge in [-0.25, -0.2) is 4.98 Å². The number of imidazole rings is 1. The van der Waals surface area contributed by atoms with Crippen LogP contribution in [0.4, 0.5) is 0 Å². The Morgan fingerprint density at radius 1 is 0.952 bits per heavy atom. The molecular formula is C17H12N2S2. The Labute approximate surface area is 131 Å². The molecule has 0 radical (unpaired) electrons. The van der Waals surface area contributed by atoms with Gasteiger partial charge in [0.05, 0.1) is 0 Å². The number of aromatic nitrogens is 2. The van der Waals surface area contributed by atoms with E-state index in [4.69, 9.17) is 4.98 Å². The molecule has 2 nitrogen and oxygen atoms in total. The minimum Gasteiger partial charge on any atom is -0.294 e. The number of hydrogen-bond donors (Lipinski definition) is 0. The van der Waals surface area contributed by atoms with E-state index >= 15 is 0 Å². The highest BCUT2D eigenvalue weighted by Crippen LogP contribution is 2.36. The van der Waals surface area contributed by atoms with E-state index in [0.29, 0.717) is 0 Å². The van der Waals surface area contributed by atoms with E-state index in [2.05, 4.69) is 51.7 Å². The molecule has 0 fully saturated rings. The quantitative estimate of drug-likeness (QED) is 0.516. The summed E-state index contributed by atoms with van der Waals surface area (Å²) < 4.78 is 2.16. The van der Waals surface area contributed by atoms with Gasteiger partial charge in [-0.2, -0.15) is 11.3 Å². The fourth-order valence-electron chi connectivity index (χ4n) is 2.26. The first-order valence-electron chi connectivity index (χ1n) is 6.64. The van der Waals surface area contributed by atoms with Gasteiger partial charge in [0.15, 0.2) is 0 Å². The van der Waals surface area contributed by atoms with Gasteiger partial charge in [-0.1, -0.05) is 36.0 Å². The second kappa shape index (κ2) is 5.39. The third-order valence-corrected chi connectivity index (χ3v) is 5.01. The maximum Gasteiger partial charge on any atom is 0.138 e. The smallest absolute Gasteiger partial charge is 0.138 e. The zero-order chi connectivity index (χ0) is 14.1. The Kier molecular flexibility index (Phi) is 3.25. The van der Waals surface area contributed by atoms with E-state index in [0.717, 1.165) is 16.4 Å². The van der Waals surface area contributed by atoms with Crippen LogP contribution in [-0.2, 0) is 0 Å². The van der Waals surface area contributed by atoms with Crippen LogP contribution in [0.25, 0.3) is 16.9 Å².